The summed E-state index contributed by atoms with van der Waals surface area (Å²) in [5, 5.41) is 0. The van der Waals surface area contributed by atoms with Gasteiger partial charge in [-0.3, -0.25) is 0 Å². The van der Waals surface area contributed by atoms with Crippen molar-refractivity contribution in [1.82, 2.24) is 0 Å². The molecule has 0 bridgehead atoms. The summed E-state index contributed by atoms with van der Waals surface area (Å²) in [4.78, 5) is 0. The molecule has 0 rings (SSSR count). The van der Waals surface area contributed by atoms with Gasteiger partial charge in [0.15, 0.2) is 0 Å². The van der Waals surface area contributed by atoms with Gasteiger partial charge in [0.2, 0.25) is 0 Å². The van der Waals surface area contributed by atoms with Crippen molar-refractivity contribution in [3.05, 3.63) is 0 Å². The smallest absolute Gasteiger partial charge is 2.00 e. The van der Waals surface area contributed by atoms with Gasteiger partial charge < -0.3 is 21.9 Å². The predicted molar refractivity (Wildman–Crippen MR) is 2.75 cm³/mol. The molecule has 0 amide bonds. The zero-order valence-corrected chi connectivity index (χ0v) is 6.66. The van der Waals surface area contributed by atoms with E-state index < -0.39 is 0 Å². The first-order valence-corrected chi connectivity index (χ1v) is 0. The van der Waals surface area contributed by atoms with E-state index >= 15 is 0 Å². The van der Waals surface area contributed by atoms with Crippen molar-refractivity contribution < 1.29 is 70.1 Å². The Morgan fingerprint density at radius 1 is 0.500 bits per heavy atom. The fourth-order valence-corrected chi connectivity index (χ4v) is 0. The minimum absolute atomic E-state index is 0. The molecule has 4 nitrogen and oxygen atoms in total. The van der Waals surface area contributed by atoms with E-state index in [1.165, 1.54) is 0 Å². The normalized spacial score (nSPS) is 0. The second-order valence-corrected chi connectivity index (χ2v) is 0. The Balaban J connectivity index is 0. The number of rotatable bonds is 0. The third-order valence-electron chi connectivity index (χ3n) is 0. The van der Waals surface area contributed by atoms with Crippen molar-refractivity contribution in [3.8, 4) is 0 Å². The molecule has 0 spiro atoms. The van der Waals surface area contributed by atoms with Crippen LogP contribution in [-0.4, -0.2) is 0 Å². The largest absolute Gasteiger partial charge is 5.00 e. The monoisotopic (exact) mass is 202 g/mol. The summed E-state index contributed by atoms with van der Waals surface area (Å²) in [6.45, 7) is 0. The first-order chi connectivity index (χ1) is 0. The molecule has 0 aliphatic heterocycles. The van der Waals surface area contributed by atoms with Gasteiger partial charge in [-0.15, -0.1) is 0 Å². The standard InChI is InChI=1S/Nb.4O.Sc/q+5;4*-2;+3. The van der Waals surface area contributed by atoms with E-state index in [9.17, 15) is 0 Å². The van der Waals surface area contributed by atoms with Gasteiger partial charge in [0.1, 0.15) is 0 Å². The van der Waals surface area contributed by atoms with Crippen molar-refractivity contribution >= 4 is 0 Å². The van der Waals surface area contributed by atoms with Crippen molar-refractivity contribution in [2.45, 2.75) is 0 Å². The molecule has 0 unspecified atom stereocenters. The van der Waals surface area contributed by atoms with Crippen LogP contribution in [0.1, 0.15) is 0 Å². The molecule has 0 atom stereocenters. The van der Waals surface area contributed by atoms with E-state index in [4.69, 9.17) is 0 Å². The van der Waals surface area contributed by atoms with E-state index in [1.54, 1.807) is 0 Å². The van der Waals surface area contributed by atoms with Gasteiger partial charge in [0.25, 0.3) is 0 Å². The van der Waals surface area contributed by atoms with Crippen LogP contribution in [-0.2, 0) is 70.1 Å². The van der Waals surface area contributed by atoms with Crippen molar-refractivity contribution in [2.75, 3.05) is 0 Å². The van der Waals surface area contributed by atoms with Crippen LogP contribution in [0.3, 0.4) is 0 Å². The first-order valence-electron chi connectivity index (χ1n) is 0. The summed E-state index contributed by atoms with van der Waals surface area (Å²) >= 11 is 0. The zero-order valence-electron chi connectivity index (χ0n) is 2.66. The van der Waals surface area contributed by atoms with Gasteiger partial charge in [0, 0.05) is 0 Å². The molecule has 32 valence electrons. The minimum Gasteiger partial charge on any atom is -2.00 e. The summed E-state index contributed by atoms with van der Waals surface area (Å²) in [6.07, 6.45) is 0. The van der Waals surface area contributed by atoms with Crippen LogP contribution < -0.4 is 0 Å². The maximum Gasteiger partial charge on any atom is 5.00 e. The fourth-order valence-electron chi connectivity index (χ4n) is 0. The molecule has 0 fully saturated rings. The minimum atomic E-state index is 0. The van der Waals surface area contributed by atoms with Crippen LogP contribution in [0.15, 0.2) is 0 Å². The van der Waals surface area contributed by atoms with Crippen LogP contribution in [0, 0.1) is 0 Å². The van der Waals surface area contributed by atoms with Crippen LogP contribution >= 0.6 is 0 Å². The molecule has 0 aromatic heterocycles. The Hall–Kier alpha value is 1.45. The van der Waals surface area contributed by atoms with Crippen molar-refractivity contribution in [1.29, 1.82) is 0 Å². The van der Waals surface area contributed by atoms with E-state index in [2.05, 4.69) is 0 Å². The summed E-state index contributed by atoms with van der Waals surface area (Å²) in [6, 6.07) is 0. The van der Waals surface area contributed by atoms with Crippen molar-refractivity contribution in [2.24, 2.45) is 0 Å². The van der Waals surface area contributed by atoms with Crippen LogP contribution in [0.2, 0.25) is 0 Å². The van der Waals surface area contributed by atoms with Crippen LogP contribution in [0.4, 0.5) is 0 Å². The molecule has 0 aliphatic carbocycles. The average Bonchev–Trinajstić information content (AvgIpc) is 0. The van der Waals surface area contributed by atoms with Gasteiger partial charge in [-0.1, -0.05) is 0 Å². The summed E-state index contributed by atoms with van der Waals surface area (Å²) < 4.78 is 0. The zero-order chi connectivity index (χ0) is 0. The van der Waals surface area contributed by atoms with E-state index in [-0.39, 0.29) is 70.1 Å². The third kappa shape index (κ3) is 51.3. The number of hydrogen-bond acceptors (Lipinski definition) is 0. The molecule has 6 heavy (non-hydrogen) atoms. The Morgan fingerprint density at radius 3 is 0.500 bits per heavy atom. The van der Waals surface area contributed by atoms with Gasteiger partial charge in [0.05, 0.1) is 0 Å². The van der Waals surface area contributed by atoms with Crippen LogP contribution in [0.25, 0.3) is 0 Å². The molecule has 0 aliphatic rings. The van der Waals surface area contributed by atoms with Gasteiger partial charge in [-0.05, 0) is 0 Å². The molecule has 0 saturated heterocycles. The Labute approximate surface area is 69.8 Å². The number of hydrogen-bond donors (Lipinski definition) is 0. The molecule has 0 aromatic carbocycles. The topological polar surface area (TPSA) is 114 Å². The first kappa shape index (κ1) is 147. The van der Waals surface area contributed by atoms with Crippen LogP contribution in [0.5, 0.6) is 0 Å². The summed E-state index contributed by atoms with van der Waals surface area (Å²) in [5.41, 5.74) is 0. The molecular weight excluding hydrogens is 202 g/mol. The third-order valence-corrected chi connectivity index (χ3v) is 0. The Morgan fingerprint density at radius 2 is 0.500 bits per heavy atom. The molecule has 0 heterocycles. The van der Waals surface area contributed by atoms with Gasteiger partial charge in [-0.2, -0.15) is 0 Å². The second-order valence-electron chi connectivity index (χ2n) is 0. The fraction of sp³-hybridized carbons (Fsp3) is 0. The Kier molecular flexibility index (Phi) is 2240. The predicted octanol–water partition coefficient (Wildman–Crippen LogP) is -0.480. The molecule has 0 N–H and O–H groups in total. The molecule has 0 saturated carbocycles. The van der Waals surface area contributed by atoms with E-state index in [0.717, 1.165) is 0 Å². The SMILES string of the molecule is [Nb+5].[O-2].[O-2].[O-2].[O-2].[Sc+3]. The maximum absolute atomic E-state index is 0. The van der Waals surface area contributed by atoms with Gasteiger partial charge in [-0.25, -0.2) is 0 Å². The maximum atomic E-state index is 0. The molecule has 6 heteroatoms. The van der Waals surface area contributed by atoms with Crippen molar-refractivity contribution in [3.63, 3.8) is 0 Å². The second kappa shape index (κ2) is 91.1. The molecule has 0 aromatic rings. The van der Waals surface area contributed by atoms with Gasteiger partial charge >= 0.3 is 48.2 Å². The van der Waals surface area contributed by atoms with E-state index in [1.807, 2.05) is 0 Å². The average molecular weight is 202 g/mol. The molecular formula is NbO4Sc. The molecule has 0 radical (unpaired) electrons. The summed E-state index contributed by atoms with van der Waals surface area (Å²) in [5.74, 6) is 0. The quantitative estimate of drug-likeness (QED) is 0.472. The van der Waals surface area contributed by atoms with E-state index in [0.29, 0.717) is 0 Å². The summed E-state index contributed by atoms with van der Waals surface area (Å²) in [7, 11) is 0. The Bertz CT molecular complexity index is 7.51.